The maximum absolute atomic E-state index is 12.8. The van der Waals surface area contributed by atoms with Crippen molar-refractivity contribution in [3.8, 4) is 0 Å². The van der Waals surface area contributed by atoms with E-state index in [0.29, 0.717) is 17.5 Å². The van der Waals surface area contributed by atoms with Gasteiger partial charge in [-0.2, -0.15) is 0 Å². The molecule has 0 saturated heterocycles. The average molecular weight is 390 g/mol. The van der Waals surface area contributed by atoms with Gasteiger partial charge in [0.05, 0.1) is 10.4 Å². The summed E-state index contributed by atoms with van der Waals surface area (Å²) in [5, 5.41) is 0. The van der Waals surface area contributed by atoms with Crippen molar-refractivity contribution in [2.45, 2.75) is 23.8 Å². The molecule has 2 aromatic carbocycles. The quantitative estimate of drug-likeness (QED) is 0.669. The summed E-state index contributed by atoms with van der Waals surface area (Å²) in [5.74, 6) is -0.541. The lowest BCUT2D eigenvalue weighted by molar-refractivity contribution is -0.0133. The van der Waals surface area contributed by atoms with E-state index < -0.39 is 21.4 Å². The highest BCUT2D eigenvalue weighted by Gasteiger charge is 2.32. The largest absolute Gasteiger partial charge is 0.419 e. The standard InChI is InChI=1S/C19H22N2O5S/c1-4-19(25-3,14-8-6-5-7-9-14)13-20-27(23,24)15-10-11-17-16(12-15)21(2)18(22)26-17/h5-12,20H,4,13H2,1-3H3/t19-/m1/s1. The SMILES string of the molecule is CC[C@](CNS(=O)(=O)c1ccc2oc(=O)n(C)c2c1)(OC)c1ccccc1. The van der Waals surface area contributed by atoms with Crippen LogP contribution in [0.5, 0.6) is 0 Å². The van der Waals surface area contributed by atoms with Crippen LogP contribution in [0, 0.1) is 0 Å². The van der Waals surface area contributed by atoms with E-state index in [1.54, 1.807) is 7.11 Å². The van der Waals surface area contributed by atoms with Crippen molar-refractivity contribution in [3.05, 3.63) is 64.6 Å². The van der Waals surface area contributed by atoms with Crippen molar-refractivity contribution in [2.75, 3.05) is 13.7 Å². The van der Waals surface area contributed by atoms with E-state index in [2.05, 4.69) is 4.72 Å². The number of aryl methyl sites for hydroxylation is 1. The zero-order valence-electron chi connectivity index (χ0n) is 15.4. The third-order valence-corrected chi connectivity index (χ3v) is 6.28. The molecule has 0 aliphatic rings. The maximum Gasteiger partial charge on any atom is 0.419 e. The fourth-order valence-electron chi connectivity index (χ4n) is 3.08. The molecule has 27 heavy (non-hydrogen) atoms. The first-order valence-electron chi connectivity index (χ1n) is 8.53. The topological polar surface area (TPSA) is 90.5 Å². The normalized spacial score (nSPS) is 14.3. The van der Waals surface area contributed by atoms with Crippen molar-refractivity contribution in [3.63, 3.8) is 0 Å². The number of nitrogens with zero attached hydrogens (tertiary/aromatic N) is 1. The van der Waals surface area contributed by atoms with Gasteiger partial charge in [0.15, 0.2) is 5.58 Å². The lowest BCUT2D eigenvalue weighted by atomic mass is 9.91. The minimum absolute atomic E-state index is 0.0561. The molecule has 0 aliphatic heterocycles. The van der Waals surface area contributed by atoms with Gasteiger partial charge in [-0.15, -0.1) is 0 Å². The Hall–Kier alpha value is -2.42. The summed E-state index contributed by atoms with van der Waals surface area (Å²) in [5.41, 5.74) is 0.872. The summed E-state index contributed by atoms with van der Waals surface area (Å²) >= 11 is 0. The van der Waals surface area contributed by atoms with E-state index in [0.717, 1.165) is 5.56 Å². The number of hydrogen-bond acceptors (Lipinski definition) is 5. The molecule has 7 nitrogen and oxygen atoms in total. The Balaban J connectivity index is 1.92. The first kappa shape index (κ1) is 19.3. The molecule has 3 rings (SSSR count). The summed E-state index contributed by atoms with van der Waals surface area (Å²) in [4.78, 5) is 11.7. The third kappa shape index (κ3) is 3.55. The number of ether oxygens (including phenoxy) is 1. The second-order valence-electron chi connectivity index (χ2n) is 6.30. The van der Waals surface area contributed by atoms with Crippen LogP contribution in [0.4, 0.5) is 0 Å². The number of fused-ring (bicyclic) bond motifs is 1. The molecule has 3 aromatic rings. The van der Waals surface area contributed by atoms with Crippen molar-refractivity contribution in [1.29, 1.82) is 0 Å². The number of methoxy groups -OCH3 is 1. The van der Waals surface area contributed by atoms with E-state index >= 15 is 0 Å². The zero-order chi connectivity index (χ0) is 19.7. The Kier molecular flexibility index (Phi) is 5.23. The Morgan fingerprint density at radius 3 is 2.52 bits per heavy atom. The van der Waals surface area contributed by atoms with Crippen LogP contribution in [-0.2, 0) is 27.4 Å². The highest BCUT2D eigenvalue weighted by Crippen LogP contribution is 2.29. The molecular formula is C19H22N2O5S. The molecule has 0 aliphatic carbocycles. The van der Waals surface area contributed by atoms with E-state index in [1.165, 1.54) is 29.8 Å². The van der Waals surface area contributed by atoms with Gasteiger partial charge in [-0.1, -0.05) is 37.3 Å². The highest BCUT2D eigenvalue weighted by molar-refractivity contribution is 7.89. The molecule has 0 spiro atoms. The van der Waals surface area contributed by atoms with Crippen LogP contribution in [0.1, 0.15) is 18.9 Å². The number of hydrogen-bond donors (Lipinski definition) is 1. The monoisotopic (exact) mass is 390 g/mol. The predicted octanol–water partition coefficient (Wildman–Crippen LogP) is 2.36. The Bertz CT molecular complexity index is 1100. The minimum Gasteiger partial charge on any atom is -0.408 e. The Morgan fingerprint density at radius 1 is 1.19 bits per heavy atom. The Morgan fingerprint density at radius 2 is 1.89 bits per heavy atom. The molecule has 1 atom stereocenters. The van der Waals surface area contributed by atoms with Gasteiger partial charge in [0.1, 0.15) is 5.60 Å². The fraction of sp³-hybridized carbons (Fsp3) is 0.316. The van der Waals surface area contributed by atoms with E-state index in [9.17, 15) is 13.2 Å². The molecule has 0 unspecified atom stereocenters. The van der Waals surface area contributed by atoms with Gasteiger partial charge < -0.3 is 9.15 Å². The summed E-state index contributed by atoms with van der Waals surface area (Å²) < 4.78 is 40.3. The van der Waals surface area contributed by atoms with Gasteiger partial charge in [-0.3, -0.25) is 4.57 Å². The zero-order valence-corrected chi connectivity index (χ0v) is 16.2. The molecular weight excluding hydrogens is 368 g/mol. The van der Waals surface area contributed by atoms with Gasteiger partial charge in [-0.05, 0) is 30.2 Å². The van der Waals surface area contributed by atoms with Crippen LogP contribution in [0.25, 0.3) is 11.1 Å². The van der Waals surface area contributed by atoms with E-state index in [-0.39, 0.29) is 11.4 Å². The molecule has 1 N–H and O–H groups in total. The maximum atomic E-state index is 12.8. The predicted molar refractivity (Wildman–Crippen MR) is 102 cm³/mol. The molecule has 0 bridgehead atoms. The lowest BCUT2D eigenvalue weighted by Crippen LogP contribution is -2.41. The summed E-state index contributed by atoms with van der Waals surface area (Å²) in [6.45, 7) is 2.02. The Labute approximate surface area is 157 Å². The highest BCUT2D eigenvalue weighted by atomic mass is 32.2. The molecule has 1 heterocycles. The number of rotatable bonds is 7. The average Bonchev–Trinajstić information content (AvgIpc) is 2.97. The van der Waals surface area contributed by atoms with E-state index in [1.807, 2.05) is 37.3 Å². The van der Waals surface area contributed by atoms with Crippen molar-refractivity contribution in [2.24, 2.45) is 7.05 Å². The molecule has 0 saturated carbocycles. The van der Waals surface area contributed by atoms with Gasteiger partial charge in [-0.25, -0.2) is 17.9 Å². The van der Waals surface area contributed by atoms with Crippen LogP contribution in [-0.4, -0.2) is 26.6 Å². The summed E-state index contributed by atoms with van der Waals surface area (Å²) in [7, 11) is -0.712. The van der Waals surface area contributed by atoms with Crippen molar-refractivity contribution >= 4 is 21.1 Å². The summed E-state index contributed by atoms with van der Waals surface area (Å²) in [6, 6.07) is 13.8. The summed E-state index contributed by atoms with van der Waals surface area (Å²) in [6.07, 6.45) is 0.589. The minimum atomic E-state index is -3.81. The molecule has 0 fully saturated rings. The van der Waals surface area contributed by atoms with Crippen LogP contribution < -0.4 is 10.5 Å². The van der Waals surface area contributed by atoms with Gasteiger partial charge in [0.2, 0.25) is 10.0 Å². The number of benzene rings is 2. The first-order valence-corrected chi connectivity index (χ1v) is 10.0. The van der Waals surface area contributed by atoms with Crippen LogP contribution in [0.3, 0.4) is 0 Å². The van der Waals surface area contributed by atoms with Crippen molar-refractivity contribution in [1.82, 2.24) is 9.29 Å². The number of nitrogens with one attached hydrogen (secondary N) is 1. The molecule has 144 valence electrons. The third-order valence-electron chi connectivity index (χ3n) is 4.88. The van der Waals surface area contributed by atoms with Crippen LogP contribution >= 0.6 is 0 Å². The first-order chi connectivity index (χ1) is 12.8. The second-order valence-corrected chi connectivity index (χ2v) is 8.07. The molecule has 1 aromatic heterocycles. The number of oxazole rings is 1. The van der Waals surface area contributed by atoms with Crippen molar-refractivity contribution < 1.29 is 17.6 Å². The molecule has 0 amide bonds. The van der Waals surface area contributed by atoms with Gasteiger partial charge in [0, 0.05) is 20.7 Å². The fourth-order valence-corrected chi connectivity index (χ4v) is 4.18. The van der Waals surface area contributed by atoms with Crippen LogP contribution in [0.15, 0.2) is 62.6 Å². The molecule has 8 heteroatoms. The number of aromatic nitrogens is 1. The lowest BCUT2D eigenvalue weighted by Gasteiger charge is -2.32. The second kappa shape index (κ2) is 7.30. The smallest absolute Gasteiger partial charge is 0.408 e. The molecule has 0 radical (unpaired) electrons. The van der Waals surface area contributed by atoms with E-state index in [4.69, 9.17) is 9.15 Å². The van der Waals surface area contributed by atoms with Gasteiger partial charge in [0.25, 0.3) is 0 Å². The number of sulfonamides is 1. The van der Waals surface area contributed by atoms with Gasteiger partial charge >= 0.3 is 5.76 Å². The van der Waals surface area contributed by atoms with Crippen LogP contribution in [0.2, 0.25) is 0 Å².